The van der Waals surface area contributed by atoms with Gasteiger partial charge >= 0.3 is 0 Å². The lowest BCUT2D eigenvalue weighted by Gasteiger charge is -2.07. The molecule has 0 fully saturated rings. The zero-order valence-corrected chi connectivity index (χ0v) is 12.7. The van der Waals surface area contributed by atoms with Crippen LogP contribution < -0.4 is 10.2 Å². The summed E-state index contributed by atoms with van der Waals surface area (Å²) in [7, 11) is 0. The van der Waals surface area contributed by atoms with Gasteiger partial charge < -0.3 is 9.84 Å². The maximum absolute atomic E-state index is 11.8. The van der Waals surface area contributed by atoms with E-state index in [4.69, 9.17) is 4.74 Å². The number of phenols is 1. The van der Waals surface area contributed by atoms with Crippen LogP contribution in [0.15, 0.2) is 65.9 Å². The molecule has 0 saturated heterocycles. The Morgan fingerprint density at radius 3 is 2.88 bits per heavy atom. The molecule has 0 aliphatic carbocycles. The summed E-state index contributed by atoms with van der Waals surface area (Å²) in [4.78, 5) is 16.1. The molecule has 0 spiro atoms. The van der Waals surface area contributed by atoms with E-state index < -0.39 is 5.91 Å². The van der Waals surface area contributed by atoms with Crippen LogP contribution in [-0.2, 0) is 4.79 Å². The molecule has 6 heteroatoms. The first kappa shape index (κ1) is 15.5. The fraction of sp³-hybridized carbons (Fsp3) is 0.0556. The molecule has 0 radical (unpaired) electrons. The molecule has 0 bridgehead atoms. The van der Waals surface area contributed by atoms with E-state index in [1.165, 1.54) is 6.21 Å². The number of carbonyl (C=O) groups is 1. The number of para-hydroxylation sites is 2. The van der Waals surface area contributed by atoms with Crippen molar-refractivity contribution in [2.45, 2.75) is 0 Å². The van der Waals surface area contributed by atoms with Gasteiger partial charge in [0, 0.05) is 17.1 Å². The van der Waals surface area contributed by atoms with Crippen LogP contribution in [0.2, 0.25) is 0 Å². The summed E-state index contributed by atoms with van der Waals surface area (Å²) in [5, 5.41) is 14.3. The zero-order valence-electron chi connectivity index (χ0n) is 12.7. The molecule has 0 aliphatic heterocycles. The van der Waals surface area contributed by atoms with Crippen LogP contribution in [0.25, 0.3) is 10.9 Å². The van der Waals surface area contributed by atoms with Gasteiger partial charge in [-0.25, -0.2) is 5.43 Å². The van der Waals surface area contributed by atoms with Crippen LogP contribution >= 0.6 is 0 Å². The SMILES string of the molecule is O=C(COc1cccc2cccnc12)N/N=C/c1ccccc1O. The molecular weight excluding hydrogens is 306 g/mol. The molecular formula is C18H15N3O3. The van der Waals surface area contributed by atoms with E-state index in [1.54, 1.807) is 36.5 Å². The Labute approximate surface area is 138 Å². The van der Waals surface area contributed by atoms with Crippen molar-refractivity contribution in [3.8, 4) is 11.5 Å². The largest absolute Gasteiger partial charge is 0.507 e. The maximum Gasteiger partial charge on any atom is 0.277 e. The van der Waals surface area contributed by atoms with Gasteiger partial charge in [-0.2, -0.15) is 5.10 Å². The summed E-state index contributed by atoms with van der Waals surface area (Å²) in [5.74, 6) is 0.219. The first-order chi connectivity index (χ1) is 11.7. The van der Waals surface area contributed by atoms with E-state index in [1.807, 2.05) is 24.3 Å². The predicted molar refractivity (Wildman–Crippen MR) is 91.1 cm³/mol. The van der Waals surface area contributed by atoms with Gasteiger partial charge in [-0.05, 0) is 24.3 Å². The molecule has 0 saturated carbocycles. The molecule has 120 valence electrons. The Hall–Kier alpha value is -3.41. The van der Waals surface area contributed by atoms with Gasteiger partial charge in [0.05, 0.1) is 6.21 Å². The smallest absolute Gasteiger partial charge is 0.277 e. The number of phenolic OH excluding ortho intramolecular Hbond substituents is 1. The summed E-state index contributed by atoms with van der Waals surface area (Å²) in [6.07, 6.45) is 3.04. The number of rotatable bonds is 5. The minimum absolute atomic E-state index is 0.0913. The number of fused-ring (bicyclic) bond motifs is 1. The summed E-state index contributed by atoms with van der Waals surface area (Å²) < 4.78 is 5.51. The van der Waals surface area contributed by atoms with Gasteiger partial charge in [-0.1, -0.05) is 30.3 Å². The predicted octanol–water partition coefficient (Wildman–Crippen LogP) is 2.47. The van der Waals surface area contributed by atoms with Crippen LogP contribution in [0.5, 0.6) is 11.5 Å². The van der Waals surface area contributed by atoms with E-state index in [-0.39, 0.29) is 12.4 Å². The van der Waals surface area contributed by atoms with E-state index in [2.05, 4.69) is 15.5 Å². The first-order valence-electron chi connectivity index (χ1n) is 7.30. The molecule has 0 atom stereocenters. The van der Waals surface area contributed by atoms with Gasteiger partial charge in [0.25, 0.3) is 5.91 Å². The topological polar surface area (TPSA) is 83.8 Å². The highest BCUT2D eigenvalue weighted by Crippen LogP contribution is 2.22. The monoisotopic (exact) mass is 321 g/mol. The van der Waals surface area contributed by atoms with Gasteiger partial charge in [0.1, 0.15) is 17.0 Å². The van der Waals surface area contributed by atoms with Crippen molar-refractivity contribution in [3.63, 3.8) is 0 Å². The fourth-order valence-corrected chi connectivity index (χ4v) is 2.14. The highest BCUT2D eigenvalue weighted by Gasteiger charge is 2.06. The van der Waals surface area contributed by atoms with Crippen molar-refractivity contribution >= 4 is 23.0 Å². The fourth-order valence-electron chi connectivity index (χ4n) is 2.14. The van der Waals surface area contributed by atoms with Crippen molar-refractivity contribution in [2.24, 2.45) is 5.10 Å². The van der Waals surface area contributed by atoms with Crippen molar-refractivity contribution in [1.29, 1.82) is 0 Å². The van der Waals surface area contributed by atoms with Crippen molar-refractivity contribution in [1.82, 2.24) is 10.4 Å². The van der Waals surface area contributed by atoms with Crippen molar-refractivity contribution < 1.29 is 14.6 Å². The number of nitrogens with zero attached hydrogens (tertiary/aromatic N) is 2. The van der Waals surface area contributed by atoms with E-state index >= 15 is 0 Å². The molecule has 2 aromatic carbocycles. The molecule has 24 heavy (non-hydrogen) atoms. The normalized spacial score (nSPS) is 10.8. The molecule has 3 rings (SSSR count). The molecule has 1 aromatic heterocycles. The maximum atomic E-state index is 11.8. The number of carbonyl (C=O) groups excluding carboxylic acids is 1. The number of hydrazone groups is 1. The lowest BCUT2D eigenvalue weighted by atomic mass is 10.2. The summed E-state index contributed by atoms with van der Waals surface area (Å²) in [6, 6.07) is 16.0. The van der Waals surface area contributed by atoms with E-state index in [0.717, 1.165) is 5.39 Å². The quantitative estimate of drug-likeness (QED) is 0.558. The molecule has 1 amide bonds. The van der Waals surface area contributed by atoms with Gasteiger partial charge in [0.15, 0.2) is 6.61 Å². The van der Waals surface area contributed by atoms with Crippen molar-refractivity contribution in [2.75, 3.05) is 6.61 Å². The third kappa shape index (κ3) is 3.67. The Morgan fingerprint density at radius 2 is 2.00 bits per heavy atom. The zero-order chi connectivity index (χ0) is 16.8. The molecule has 1 heterocycles. The number of nitrogens with one attached hydrogen (secondary N) is 1. The number of aromatic nitrogens is 1. The molecule has 6 nitrogen and oxygen atoms in total. The second kappa shape index (κ2) is 7.23. The Bertz CT molecular complexity index is 888. The second-order valence-electron chi connectivity index (χ2n) is 4.97. The lowest BCUT2D eigenvalue weighted by Crippen LogP contribution is -2.24. The third-order valence-corrected chi connectivity index (χ3v) is 3.28. The molecule has 3 aromatic rings. The number of ether oxygens (including phenoxy) is 1. The van der Waals surface area contributed by atoms with Gasteiger partial charge in [0.2, 0.25) is 0 Å². The number of hydrogen-bond donors (Lipinski definition) is 2. The summed E-state index contributed by atoms with van der Waals surface area (Å²) in [5.41, 5.74) is 3.56. The molecule has 0 unspecified atom stereocenters. The van der Waals surface area contributed by atoms with Gasteiger partial charge in [-0.15, -0.1) is 0 Å². The van der Waals surface area contributed by atoms with Crippen molar-refractivity contribution in [3.05, 3.63) is 66.4 Å². The average Bonchev–Trinajstić information content (AvgIpc) is 2.61. The number of aromatic hydroxyl groups is 1. The van der Waals surface area contributed by atoms with Crippen LogP contribution in [-0.4, -0.2) is 28.8 Å². The molecule has 2 N–H and O–H groups in total. The first-order valence-corrected chi connectivity index (χ1v) is 7.30. The van der Waals surface area contributed by atoms with Crippen LogP contribution in [0.4, 0.5) is 0 Å². The highest BCUT2D eigenvalue weighted by molar-refractivity contribution is 5.86. The summed E-state index contributed by atoms with van der Waals surface area (Å²) in [6.45, 7) is -0.187. The van der Waals surface area contributed by atoms with Crippen LogP contribution in [0.1, 0.15) is 5.56 Å². The number of hydrogen-bond acceptors (Lipinski definition) is 5. The van der Waals surface area contributed by atoms with E-state index in [0.29, 0.717) is 16.8 Å². The second-order valence-corrected chi connectivity index (χ2v) is 4.97. The number of pyridine rings is 1. The minimum atomic E-state index is -0.408. The Kier molecular flexibility index (Phi) is 4.67. The third-order valence-electron chi connectivity index (χ3n) is 3.28. The van der Waals surface area contributed by atoms with E-state index in [9.17, 15) is 9.90 Å². The Balaban J connectivity index is 1.58. The minimum Gasteiger partial charge on any atom is -0.507 e. The highest BCUT2D eigenvalue weighted by atomic mass is 16.5. The molecule has 0 aliphatic rings. The average molecular weight is 321 g/mol. The van der Waals surface area contributed by atoms with Crippen LogP contribution in [0.3, 0.4) is 0 Å². The Morgan fingerprint density at radius 1 is 1.17 bits per heavy atom. The number of amides is 1. The standard InChI is InChI=1S/C18H15N3O3/c22-15-8-2-1-5-14(15)11-20-21-17(23)12-24-16-9-3-6-13-7-4-10-19-18(13)16/h1-11,22H,12H2,(H,21,23)/b20-11+. The lowest BCUT2D eigenvalue weighted by molar-refractivity contribution is -0.123. The van der Waals surface area contributed by atoms with Gasteiger partial charge in [-0.3, -0.25) is 9.78 Å². The van der Waals surface area contributed by atoms with Crippen LogP contribution in [0, 0.1) is 0 Å². The number of benzene rings is 2. The summed E-state index contributed by atoms with van der Waals surface area (Å²) >= 11 is 0.